The predicted octanol–water partition coefficient (Wildman–Crippen LogP) is 3.30. The summed E-state index contributed by atoms with van der Waals surface area (Å²) in [6, 6.07) is 5.32. The predicted molar refractivity (Wildman–Crippen MR) is 51.4 cm³/mol. The number of hydrogen-bond donors (Lipinski definition) is 0. The Hall–Kier alpha value is -0.890. The van der Waals surface area contributed by atoms with Crippen molar-refractivity contribution in [2.24, 2.45) is 0 Å². The maximum Gasteiger partial charge on any atom is 0.129 e. The molecule has 0 N–H and O–H groups in total. The molecule has 2 aliphatic rings. The second kappa shape index (κ2) is 2.57. The van der Waals surface area contributed by atoms with E-state index in [-0.39, 0.29) is 17.5 Å². The van der Waals surface area contributed by atoms with Crippen LogP contribution in [0.25, 0.3) is 0 Å². The molecular formula is C12H13FO. The molecule has 2 bridgehead atoms. The van der Waals surface area contributed by atoms with E-state index < -0.39 is 0 Å². The molecule has 0 radical (unpaired) electrons. The van der Waals surface area contributed by atoms with Crippen molar-refractivity contribution in [3.8, 4) is 0 Å². The standard InChI is InChI=1S/C12H13FO/c1-2-12-7-6-10(14-12)8-4-3-5-9(13)11(8)12/h3-5,10H,2,6-7H2,1H3. The molecule has 1 aromatic rings. The highest BCUT2D eigenvalue weighted by Gasteiger charge is 2.50. The molecule has 1 nitrogen and oxygen atoms in total. The molecule has 1 saturated heterocycles. The van der Waals surface area contributed by atoms with Crippen LogP contribution in [0.1, 0.15) is 43.4 Å². The molecule has 0 spiro atoms. The van der Waals surface area contributed by atoms with Crippen molar-refractivity contribution in [2.75, 3.05) is 0 Å². The minimum atomic E-state index is -0.300. The molecule has 0 aromatic heterocycles. The maximum atomic E-state index is 13.7. The third kappa shape index (κ3) is 0.825. The van der Waals surface area contributed by atoms with Gasteiger partial charge in [0.25, 0.3) is 0 Å². The highest BCUT2D eigenvalue weighted by Crippen LogP contribution is 2.56. The van der Waals surface area contributed by atoms with E-state index in [0.29, 0.717) is 0 Å². The molecule has 2 heterocycles. The fourth-order valence-electron chi connectivity index (χ4n) is 2.88. The third-order valence-electron chi connectivity index (χ3n) is 3.60. The van der Waals surface area contributed by atoms with Gasteiger partial charge in [-0.15, -0.1) is 0 Å². The van der Waals surface area contributed by atoms with Crippen LogP contribution in [0.2, 0.25) is 0 Å². The Morgan fingerprint density at radius 2 is 2.43 bits per heavy atom. The van der Waals surface area contributed by atoms with Crippen LogP contribution in [0, 0.1) is 5.82 Å². The highest BCUT2D eigenvalue weighted by atomic mass is 19.1. The van der Waals surface area contributed by atoms with E-state index in [1.807, 2.05) is 6.07 Å². The van der Waals surface area contributed by atoms with Gasteiger partial charge >= 0.3 is 0 Å². The molecule has 14 heavy (non-hydrogen) atoms. The number of benzene rings is 1. The minimum absolute atomic E-state index is 0.0912. The summed E-state index contributed by atoms with van der Waals surface area (Å²) >= 11 is 0. The lowest BCUT2D eigenvalue weighted by atomic mass is 9.80. The van der Waals surface area contributed by atoms with Crippen molar-refractivity contribution in [1.29, 1.82) is 0 Å². The molecule has 3 rings (SSSR count). The number of halogens is 1. The number of ether oxygens (including phenoxy) is 1. The van der Waals surface area contributed by atoms with Gasteiger partial charge in [0, 0.05) is 5.56 Å². The van der Waals surface area contributed by atoms with Crippen molar-refractivity contribution in [1.82, 2.24) is 0 Å². The first-order valence-electron chi connectivity index (χ1n) is 5.23. The SMILES string of the molecule is CCC12CCC(O1)c1cccc(F)c12. The quantitative estimate of drug-likeness (QED) is 0.663. The summed E-state index contributed by atoms with van der Waals surface area (Å²) in [5.41, 5.74) is 1.61. The van der Waals surface area contributed by atoms with E-state index >= 15 is 0 Å². The van der Waals surface area contributed by atoms with Crippen molar-refractivity contribution < 1.29 is 9.13 Å². The van der Waals surface area contributed by atoms with Crippen molar-refractivity contribution in [3.63, 3.8) is 0 Å². The largest absolute Gasteiger partial charge is 0.362 e. The van der Waals surface area contributed by atoms with E-state index in [0.717, 1.165) is 30.4 Å². The van der Waals surface area contributed by atoms with Gasteiger partial charge in [0.2, 0.25) is 0 Å². The monoisotopic (exact) mass is 192 g/mol. The molecule has 0 saturated carbocycles. The molecule has 0 amide bonds. The lowest BCUT2D eigenvalue weighted by molar-refractivity contribution is -0.0255. The fraction of sp³-hybridized carbons (Fsp3) is 0.500. The van der Waals surface area contributed by atoms with Gasteiger partial charge in [0.15, 0.2) is 0 Å². The van der Waals surface area contributed by atoms with Crippen LogP contribution in [0.3, 0.4) is 0 Å². The van der Waals surface area contributed by atoms with E-state index in [1.165, 1.54) is 0 Å². The molecule has 2 aliphatic heterocycles. The summed E-state index contributed by atoms with van der Waals surface area (Å²) in [4.78, 5) is 0. The Kier molecular flexibility index (Phi) is 1.55. The lowest BCUT2D eigenvalue weighted by Crippen LogP contribution is -2.22. The van der Waals surface area contributed by atoms with Crippen LogP contribution in [-0.4, -0.2) is 0 Å². The number of rotatable bonds is 1. The van der Waals surface area contributed by atoms with E-state index in [4.69, 9.17) is 4.74 Å². The van der Waals surface area contributed by atoms with Gasteiger partial charge < -0.3 is 4.74 Å². The van der Waals surface area contributed by atoms with Gasteiger partial charge in [0.1, 0.15) is 5.82 Å². The van der Waals surface area contributed by atoms with Gasteiger partial charge in [-0.3, -0.25) is 0 Å². The summed E-state index contributed by atoms with van der Waals surface area (Å²) in [6.07, 6.45) is 3.05. The molecule has 2 unspecified atom stereocenters. The van der Waals surface area contributed by atoms with Gasteiger partial charge in [-0.1, -0.05) is 19.1 Å². The first-order chi connectivity index (χ1) is 6.77. The van der Waals surface area contributed by atoms with Crippen LogP contribution >= 0.6 is 0 Å². The van der Waals surface area contributed by atoms with E-state index in [2.05, 4.69) is 6.92 Å². The smallest absolute Gasteiger partial charge is 0.129 e. The summed E-state index contributed by atoms with van der Waals surface area (Å²) in [5, 5.41) is 0. The summed E-state index contributed by atoms with van der Waals surface area (Å²) in [7, 11) is 0. The molecule has 2 atom stereocenters. The molecule has 2 heteroatoms. The fourth-order valence-corrected chi connectivity index (χ4v) is 2.88. The zero-order chi connectivity index (χ0) is 9.76. The Morgan fingerprint density at radius 3 is 3.21 bits per heavy atom. The van der Waals surface area contributed by atoms with Crippen molar-refractivity contribution >= 4 is 0 Å². The number of hydrogen-bond acceptors (Lipinski definition) is 1. The molecule has 74 valence electrons. The zero-order valence-corrected chi connectivity index (χ0v) is 8.22. The lowest BCUT2D eigenvalue weighted by Gasteiger charge is -2.25. The Labute approximate surface area is 82.9 Å². The van der Waals surface area contributed by atoms with E-state index in [1.54, 1.807) is 12.1 Å². The first-order valence-corrected chi connectivity index (χ1v) is 5.23. The van der Waals surface area contributed by atoms with Gasteiger partial charge in [-0.25, -0.2) is 4.39 Å². The second-order valence-electron chi connectivity index (χ2n) is 4.20. The summed E-state index contributed by atoms with van der Waals surface area (Å²) < 4.78 is 19.6. The molecule has 1 fully saturated rings. The van der Waals surface area contributed by atoms with Crippen LogP contribution in [0.15, 0.2) is 18.2 Å². The average Bonchev–Trinajstić information content (AvgIpc) is 2.75. The van der Waals surface area contributed by atoms with Gasteiger partial charge in [-0.05, 0) is 30.9 Å². The Balaban J connectivity index is 2.26. The topological polar surface area (TPSA) is 9.23 Å². The maximum absolute atomic E-state index is 13.7. The van der Waals surface area contributed by atoms with Crippen LogP contribution < -0.4 is 0 Å². The summed E-state index contributed by atoms with van der Waals surface area (Å²) in [5.74, 6) is -0.0912. The molecule has 0 aliphatic carbocycles. The van der Waals surface area contributed by atoms with E-state index in [9.17, 15) is 4.39 Å². The first kappa shape index (κ1) is 8.42. The van der Waals surface area contributed by atoms with Gasteiger partial charge in [0.05, 0.1) is 11.7 Å². The van der Waals surface area contributed by atoms with Crippen LogP contribution in [-0.2, 0) is 10.3 Å². The average molecular weight is 192 g/mol. The minimum Gasteiger partial charge on any atom is -0.362 e. The summed E-state index contributed by atoms with van der Waals surface area (Å²) in [6.45, 7) is 2.07. The third-order valence-corrected chi connectivity index (χ3v) is 3.60. The second-order valence-corrected chi connectivity index (χ2v) is 4.20. The van der Waals surface area contributed by atoms with Crippen LogP contribution in [0.5, 0.6) is 0 Å². The normalized spacial score (nSPS) is 33.4. The van der Waals surface area contributed by atoms with Crippen LogP contribution in [0.4, 0.5) is 4.39 Å². The van der Waals surface area contributed by atoms with Crippen molar-refractivity contribution in [3.05, 3.63) is 35.1 Å². The Morgan fingerprint density at radius 1 is 1.57 bits per heavy atom. The molecular weight excluding hydrogens is 179 g/mol. The zero-order valence-electron chi connectivity index (χ0n) is 8.22. The Bertz CT molecular complexity index is 388. The van der Waals surface area contributed by atoms with Crippen molar-refractivity contribution in [2.45, 2.75) is 37.9 Å². The number of fused-ring (bicyclic) bond motifs is 5. The van der Waals surface area contributed by atoms with Gasteiger partial charge in [-0.2, -0.15) is 0 Å². The highest BCUT2D eigenvalue weighted by molar-refractivity contribution is 5.41. The molecule has 1 aromatic carbocycles.